The summed E-state index contributed by atoms with van der Waals surface area (Å²) < 4.78 is 55.2. The Labute approximate surface area is 172 Å². The molecule has 0 fully saturated rings. The molecule has 154 valence electrons. The Bertz CT molecular complexity index is 1210. The summed E-state index contributed by atoms with van der Waals surface area (Å²) in [5, 5.41) is 0. The number of rotatable bonds is 6. The number of aliphatic imine (C=N–C) groups is 1. The number of benzene rings is 2. The van der Waals surface area contributed by atoms with Crippen LogP contribution in [0.15, 0.2) is 76.9 Å². The minimum atomic E-state index is -4.49. The third-order valence-corrected chi connectivity index (χ3v) is 5.59. The van der Waals surface area contributed by atoms with Crippen molar-refractivity contribution < 1.29 is 17.2 Å². The Morgan fingerprint density at radius 1 is 1.03 bits per heavy atom. The molecule has 0 amide bonds. The van der Waals surface area contributed by atoms with Gasteiger partial charge >= 0.3 is 0 Å². The second-order valence-electron chi connectivity index (χ2n) is 6.19. The summed E-state index contributed by atoms with van der Waals surface area (Å²) in [7, 11) is -2.91. The number of pyridine rings is 1. The number of halogens is 2. The van der Waals surface area contributed by atoms with Gasteiger partial charge in [0, 0.05) is 48.2 Å². The summed E-state index contributed by atoms with van der Waals surface area (Å²) in [5.41, 5.74) is 8.62. The van der Waals surface area contributed by atoms with Crippen molar-refractivity contribution >= 4 is 33.2 Å². The molecule has 3 rings (SSSR count). The lowest BCUT2D eigenvalue weighted by atomic mass is 10.0. The zero-order valence-electron chi connectivity index (χ0n) is 15.9. The number of nitrogens with one attached hydrogen (secondary N) is 1. The molecular weight excluding hydrogens is 410 g/mol. The van der Waals surface area contributed by atoms with Gasteiger partial charge in [0.15, 0.2) is 4.90 Å². The van der Waals surface area contributed by atoms with Gasteiger partial charge in [-0.2, -0.15) is 0 Å². The molecule has 0 spiro atoms. The smallest absolute Gasteiger partial charge is 0.267 e. The van der Waals surface area contributed by atoms with E-state index in [2.05, 4.69) is 14.7 Å². The number of hydrogen-bond donors (Lipinski definition) is 2. The fourth-order valence-electron chi connectivity index (χ4n) is 2.81. The molecule has 6 nitrogen and oxygen atoms in total. The molecule has 1 heterocycles. The number of sulfonamides is 1. The number of allylic oxidation sites excluding steroid dienone is 1. The monoisotopic (exact) mass is 428 g/mol. The molecule has 0 atom stereocenters. The molecular formula is C21H18F2N4O2S. The lowest BCUT2D eigenvalue weighted by Gasteiger charge is -2.13. The minimum absolute atomic E-state index is 0.111. The predicted molar refractivity (Wildman–Crippen MR) is 113 cm³/mol. The van der Waals surface area contributed by atoms with E-state index in [1.165, 1.54) is 12.1 Å². The first-order valence-electron chi connectivity index (χ1n) is 8.73. The molecule has 9 heteroatoms. The first-order valence-corrected chi connectivity index (χ1v) is 10.2. The lowest BCUT2D eigenvalue weighted by Crippen LogP contribution is -2.16. The van der Waals surface area contributed by atoms with Gasteiger partial charge in [-0.05, 0) is 42.0 Å². The van der Waals surface area contributed by atoms with E-state index >= 15 is 0 Å². The molecule has 1 aromatic heterocycles. The molecule has 0 saturated carbocycles. The van der Waals surface area contributed by atoms with Gasteiger partial charge in [-0.15, -0.1) is 0 Å². The van der Waals surface area contributed by atoms with Crippen molar-refractivity contribution in [1.82, 2.24) is 4.98 Å². The molecule has 0 bridgehead atoms. The molecule has 0 aliphatic rings. The van der Waals surface area contributed by atoms with Crippen molar-refractivity contribution in [2.45, 2.75) is 4.90 Å². The minimum Gasteiger partial charge on any atom is -0.398 e. The van der Waals surface area contributed by atoms with E-state index in [4.69, 9.17) is 5.73 Å². The zero-order chi connectivity index (χ0) is 21.7. The van der Waals surface area contributed by atoms with Gasteiger partial charge in [-0.25, -0.2) is 17.2 Å². The van der Waals surface area contributed by atoms with Crippen LogP contribution in [0.1, 0.15) is 11.1 Å². The maximum absolute atomic E-state index is 13.9. The van der Waals surface area contributed by atoms with Gasteiger partial charge in [0.2, 0.25) is 0 Å². The first-order chi connectivity index (χ1) is 14.3. The van der Waals surface area contributed by atoms with Crippen molar-refractivity contribution in [3.05, 3.63) is 89.8 Å². The maximum atomic E-state index is 13.9. The predicted octanol–water partition coefficient (Wildman–Crippen LogP) is 3.69. The van der Waals surface area contributed by atoms with Gasteiger partial charge in [0.25, 0.3) is 10.0 Å². The maximum Gasteiger partial charge on any atom is 0.267 e. The summed E-state index contributed by atoms with van der Waals surface area (Å²) in [6, 6.07) is 12.6. The van der Waals surface area contributed by atoms with Crippen LogP contribution in [0.5, 0.6) is 0 Å². The van der Waals surface area contributed by atoms with Crippen molar-refractivity contribution in [3.8, 4) is 0 Å². The van der Waals surface area contributed by atoms with E-state index in [9.17, 15) is 17.2 Å². The second kappa shape index (κ2) is 8.83. The second-order valence-corrected chi connectivity index (χ2v) is 7.81. The van der Waals surface area contributed by atoms with Crippen molar-refractivity contribution in [2.24, 2.45) is 10.7 Å². The highest BCUT2D eigenvalue weighted by molar-refractivity contribution is 7.92. The number of hydrogen-bond acceptors (Lipinski definition) is 5. The number of anilines is 1. The van der Waals surface area contributed by atoms with Crippen LogP contribution >= 0.6 is 0 Å². The lowest BCUT2D eigenvalue weighted by molar-refractivity contribution is 0.521. The molecule has 3 aromatic rings. The molecule has 2 aromatic carbocycles. The standard InChI is InChI=1S/C21H18F2N4O2S/c1-25-13-17(20(24)14-8-10-26-11-9-14)15-4-2-5-16(12-15)27-30(28,29)21-18(22)6-3-7-19(21)23/h2-13,27H,24H2,1H3. The highest BCUT2D eigenvalue weighted by Crippen LogP contribution is 2.26. The normalized spacial score (nSPS) is 12.6. The van der Waals surface area contributed by atoms with Crippen LogP contribution in [0, 0.1) is 11.6 Å². The van der Waals surface area contributed by atoms with Crippen molar-refractivity contribution in [3.63, 3.8) is 0 Å². The average molecular weight is 428 g/mol. The Kier molecular flexibility index (Phi) is 6.22. The number of nitrogens with zero attached hydrogens (tertiary/aromatic N) is 2. The van der Waals surface area contributed by atoms with E-state index in [0.717, 1.165) is 18.2 Å². The van der Waals surface area contributed by atoms with Crippen molar-refractivity contribution in [1.29, 1.82) is 0 Å². The van der Waals surface area contributed by atoms with E-state index in [1.807, 2.05) is 0 Å². The number of nitrogens with two attached hydrogens (primary N) is 1. The third kappa shape index (κ3) is 4.52. The largest absolute Gasteiger partial charge is 0.398 e. The van der Waals surface area contributed by atoms with E-state index in [-0.39, 0.29) is 5.69 Å². The van der Waals surface area contributed by atoms with E-state index in [1.54, 1.807) is 49.9 Å². The number of aromatic nitrogens is 1. The summed E-state index contributed by atoms with van der Waals surface area (Å²) in [6.45, 7) is 0. The molecule has 0 radical (unpaired) electrons. The van der Waals surface area contributed by atoms with Gasteiger partial charge < -0.3 is 5.73 Å². The Hall–Kier alpha value is -3.59. The van der Waals surface area contributed by atoms with E-state index in [0.29, 0.717) is 22.4 Å². The molecule has 0 aliphatic carbocycles. The average Bonchev–Trinajstić information content (AvgIpc) is 2.71. The summed E-state index contributed by atoms with van der Waals surface area (Å²) in [4.78, 5) is 6.93. The Morgan fingerprint density at radius 3 is 2.30 bits per heavy atom. The van der Waals surface area contributed by atoms with Gasteiger partial charge in [-0.3, -0.25) is 14.7 Å². The van der Waals surface area contributed by atoms with Crippen LogP contribution < -0.4 is 10.5 Å². The highest BCUT2D eigenvalue weighted by Gasteiger charge is 2.24. The van der Waals surface area contributed by atoms with Crippen LogP contribution in [-0.2, 0) is 10.0 Å². The van der Waals surface area contributed by atoms with Crippen LogP contribution in [0.4, 0.5) is 14.5 Å². The quantitative estimate of drug-likeness (QED) is 0.585. The van der Waals surface area contributed by atoms with Gasteiger partial charge in [-0.1, -0.05) is 18.2 Å². The topological polar surface area (TPSA) is 97.4 Å². The van der Waals surface area contributed by atoms with Crippen LogP contribution in [0.2, 0.25) is 0 Å². The fraction of sp³-hybridized carbons (Fsp3) is 0.0476. The Balaban J connectivity index is 2.03. The third-order valence-electron chi connectivity index (χ3n) is 4.15. The molecule has 0 unspecified atom stereocenters. The van der Waals surface area contributed by atoms with Crippen LogP contribution in [0.25, 0.3) is 11.3 Å². The molecule has 30 heavy (non-hydrogen) atoms. The summed E-state index contributed by atoms with van der Waals surface area (Å²) in [6.07, 6.45) is 4.73. The molecule has 3 N–H and O–H groups in total. The zero-order valence-corrected chi connectivity index (χ0v) is 16.7. The van der Waals surface area contributed by atoms with Crippen molar-refractivity contribution in [2.75, 3.05) is 11.8 Å². The SMILES string of the molecule is CN=CC(=C(N)c1ccncc1)c1cccc(NS(=O)(=O)c2c(F)cccc2F)c1. The van der Waals surface area contributed by atoms with Gasteiger partial charge in [0.05, 0.1) is 0 Å². The molecule has 0 aliphatic heterocycles. The fourth-order valence-corrected chi connectivity index (χ4v) is 4.00. The van der Waals surface area contributed by atoms with Gasteiger partial charge in [0.1, 0.15) is 11.6 Å². The summed E-state index contributed by atoms with van der Waals surface area (Å²) >= 11 is 0. The first kappa shape index (κ1) is 21.1. The van der Waals surface area contributed by atoms with Crippen LogP contribution in [0.3, 0.4) is 0 Å². The van der Waals surface area contributed by atoms with E-state index < -0.39 is 26.6 Å². The Morgan fingerprint density at radius 2 is 1.67 bits per heavy atom. The molecule has 0 saturated heterocycles. The van der Waals surface area contributed by atoms with Crippen LogP contribution in [-0.4, -0.2) is 26.7 Å². The highest BCUT2D eigenvalue weighted by atomic mass is 32.2. The summed E-state index contributed by atoms with van der Waals surface area (Å²) in [5.74, 6) is -2.36.